The van der Waals surface area contributed by atoms with Crippen molar-refractivity contribution in [2.45, 2.75) is 46.2 Å². The van der Waals surface area contributed by atoms with Crippen LogP contribution in [0.5, 0.6) is 0 Å². The maximum Gasteiger partial charge on any atom is 0.108 e. The molecule has 3 N–H and O–H groups in total. The number of nitrogens with zero attached hydrogens (tertiary/aromatic N) is 2. The molecule has 0 fully saturated rings. The first-order valence-electron chi connectivity index (χ1n) is 6.86. The van der Waals surface area contributed by atoms with Crippen LogP contribution in [0, 0.1) is 6.92 Å². The van der Waals surface area contributed by atoms with E-state index < -0.39 is 0 Å². The average molecular weight is 341 g/mol. The number of nitrogens with two attached hydrogens (primary N) is 1. The van der Waals surface area contributed by atoms with Crippen LogP contribution in [0.2, 0.25) is 0 Å². The minimum Gasteiger partial charge on any atom is -0.469 e. The number of aromatic nitrogens is 2. The van der Waals surface area contributed by atoms with Crippen LogP contribution < -0.4 is 11.3 Å². The van der Waals surface area contributed by atoms with Gasteiger partial charge in [-0.2, -0.15) is 5.10 Å². The Morgan fingerprint density at radius 2 is 2.25 bits per heavy atom. The maximum absolute atomic E-state index is 5.75. The number of furan rings is 1. The summed E-state index contributed by atoms with van der Waals surface area (Å²) < 4.78 is 8.56. The Morgan fingerprint density at radius 1 is 1.50 bits per heavy atom. The third-order valence-electron chi connectivity index (χ3n) is 3.53. The van der Waals surface area contributed by atoms with Crippen LogP contribution in [-0.2, 0) is 19.4 Å². The van der Waals surface area contributed by atoms with Gasteiger partial charge in [0.2, 0.25) is 0 Å². The lowest BCUT2D eigenvalue weighted by molar-refractivity contribution is 0.478. The Bertz CT molecular complexity index is 576. The van der Waals surface area contributed by atoms with Crippen LogP contribution in [0.4, 0.5) is 0 Å². The van der Waals surface area contributed by atoms with Gasteiger partial charge in [-0.25, -0.2) is 0 Å². The summed E-state index contributed by atoms with van der Waals surface area (Å²) >= 11 is 3.62. The Hall–Kier alpha value is -1.11. The molecule has 1 atom stereocenters. The molecule has 0 saturated carbocycles. The largest absolute Gasteiger partial charge is 0.469 e. The predicted octanol–water partition coefficient (Wildman–Crippen LogP) is 2.88. The van der Waals surface area contributed by atoms with Crippen molar-refractivity contribution in [1.29, 1.82) is 0 Å². The Balaban J connectivity index is 2.31. The summed E-state index contributed by atoms with van der Waals surface area (Å²) in [7, 11) is 0. The molecule has 1 unspecified atom stereocenters. The van der Waals surface area contributed by atoms with E-state index in [0.717, 1.165) is 46.6 Å². The second-order valence-electron chi connectivity index (χ2n) is 4.74. The zero-order valence-corrected chi connectivity index (χ0v) is 13.7. The summed E-state index contributed by atoms with van der Waals surface area (Å²) in [5.74, 6) is 6.72. The average Bonchev–Trinajstić information content (AvgIpc) is 3.03. The predicted molar refractivity (Wildman–Crippen MR) is 82.2 cm³/mol. The number of hydrogen-bond donors (Lipinski definition) is 2. The van der Waals surface area contributed by atoms with Gasteiger partial charge in [-0.3, -0.25) is 16.0 Å². The molecule has 2 aromatic heterocycles. The summed E-state index contributed by atoms with van der Waals surface area (Å²) in [6.45, 7) is 7.00. The first-order chi connectivity index (χ1) is 9.62. The maximum atomic E-state index is 5.75. The highest BCUT2D eigenvalue weighted by Gasteiger charge is 2.21. The summed E-state index contributed by atoms with van der Waals surface area (Å²) in [5.41, 5.74) is 6.16. The molecular formula is C14H21BrN4O. The SMILES string of the molecule is CCc1occc1C(Cc1c(Br)c(C)nn1CC)NN. The van der Waals surface area contributed by atoms with Crippen LogP contribution in [0.3, 0.4) is 0 Å². The molecule has 0 saturated heterocycles. The fourth-order valence-electron chi connectivity index (χ4n) is 2.46. The monoisotopic (exact) mass is 340 g/mol. The molecule has 5 nitrogen and oxygen atoms in total. The van der Waals surface area contributed by atoms with E-state index in [9.17, 15) is 0 Å². The van der Waals surface area contributed by atoms with Gasteiger partial charge in [0.15, 0.2) is 0 Å². The second kappa shape index (κ2) is 6.56. The number of aryl methyl sites for hydroxylation is 3. The van der Waals surface area contributed by atoms with Crippen LogP contribution in [0.25, 0.3) is 0 Å². The van der Waals surface area contributed by atoms with E-state index in [4.69, 9.17) is 10.3 Å². The van der Waals surface area contributed by atoms with E-state index in [1.165, 1.54) is 0 Å². The molecule has 0 aliphatic carbocycles. The van der Waals surface area contributed by atoms with Gasteiger partial charge in [0, 0.05) is 24.9 Å². The second-order valence-corrected chi connectivity index (χ2v) is 5.53. The van der Waals surface area contributed by atoms with E-state index in [2.05, 4.69) is 40.3 Å². The standard InChI is InChI=1S/C14H21BrN4O/c1-4-13-10(6-7-20-13)11(17-16)8-12-14(15)9(3)18-19(12)5-2/h6-7,11,17H,4-5,8,16H2,1-3H3. The summed E-state index contributed by atoms with van der Waals surface area (Å²) in [6.07, 6.45) is 3.34. The smallest absolute Gasteiger partial charge is 0.108 e. The fraction of sp³-hybridized carbons (Fsp3) is 0.500. The Labute approximate surface area is 127 Å². The van der Waals surface area contributed by atoms with E-state index >= 15 is 0 Å². The molecule has 0 aromatic carbocycles. The zero-order valence-electron chi connectivity index (χ0n) is 12.1. The number of nitrogens with one attached hydrogen (secondary N) is 1. The van der Waals surface area contributed by atoms with Gasteiger partial charge in [0.1, 0.15) is 5.76 Å². The highest BCUT2D eigenvalue weighted by atomic mass is 79.9. The normalized spacial score (nSPS) is 12.8. The zero-order chi connectivity index (χ0) is 14.7. The minimum absolute atomic E-state index is 0.0152. The number of hydrogen-bond acceptors (Lipinski definition) is 4. The van der Waals surface area contributed by atoms with Crippen molar-refractivity contribution in [3.05, 3.63) is 39.5 Å². The van der Waals surface area contributed by atoms with E-state index in [-0.39, 0.29) is 6.04 Å². The third-order valence-corrected chi connectivity index (χ3v) is 4.56. The molecule has 110 valence electrons. The molecule has 0 amide bonds. The first kappa shape index (κ1) is 15.3. The van der Waals surface area contributed by atoms with E-state index in [1.807, 2.05) is 17.7 Å². The van der Waals surface area contributed by atoms with Gasteiger partial charge in [0.05, 0.1) is 28.2 Å². The first-order valence-corrected chi connectivity index (χ1v) is 7.65. The molecule has 0 spiro atoms. The molecule has 2 rings (SSSR count). The minimum atomic E-state index is 0.0152. The molecule has 2 heterocycles. The van der Waals surface area contributed by atoms with Crippen molar-refractivity contribution >= 4 is 15.9 Å². The lowest BCUT2D eigenvalue weighted by Crippen LogP contribution is -2.30. The van der Waals surface area contributed by atoms with Crippen LogP contribution >= 0.6 is 15.9 Å². The number of rotatable bonds is 6. The van der Waals surface area contributed by atoms with Crippen molar-refractivity contribution in [1.82, 2.24) is 15.2 Å². The lowest BCUT2D eigenvalue weighted by atomic mass is 10.0. The van der Waals surface area contributed by atoms with Crippen molar-refractivity contribution < 1.29 is 4.42 Å². The number of hydrazine groups is 1. The van der Waals surface area contributed by atoms with Gasteiger partial charge < -0.3 is 4.42 Å². The summed E-state index contributed by atoms with van der Waals surface area (Å²) in [6, 6.07) is 2.00. The number of halogens is 1. The van der Waals surface area contributed by atoms with Crippen molar-refractivity contribution in [2.24, 2.45) is 5.84 Å². The molecule has 0 aliphatic rings. The van der Waals surface area contributed by atoms with Gasteiger partial charge in [-0.05, 0) is 35.8 Å². The van der Waals surface area contributed by atoms with Crippen molar-refractivity contribution in [3.63, 3.8) is 0 Å². The van der Waals surface area contributed by atoms with Crippen molar-refractivity contribution in [2.75, 3.05) is 0 Å². The van der Waals surface area contributed by atoms with Crippen molar-refractivity contribution in [3.8, 4) is 0 Å². The van der Waals surface area contributed by atoms with E-state index in [0.29, 0.717) is 0 Å². The lowest BCUT2D eigenvalue weighted by Gasteiger charge is -2.17. The van der Waals surface area contributed by atoms with Crippen LogP contribution in [-0.4, -0.2) is 9.78 Å². The molecule has 20 heavy (non-hydrogen) atoms. The highest BCUT2D eigenvalue weighted by Crippen LogP contribution is 2.28. The quantitative estimate of drug-likeness (QED) is 0.626. The van der Waals surface area contributed by atoms with Crippen LogP contribution in [0.15, 0.2) is 21.2 Å². The molecular weight excluding hydrogens is 320 g/mol. The molecule has 0 radical (unpaired) electrons. The summed E-state index contributed by atoms with van der Waals surface area (Å²) in [4.78, 5) is 0. The topological polar surface area (TPSA) is 69.0 Å². The van der Waals surface area contributed by atoms with E-state index in [1.54, 1.807) is 6.26 Å². The summed E-state index contributed by atoms with van der Waals surface area (Å²) in [5, 5.41) is 4.52. The molecule has 2 aromatic rings. The van der Waals surface area contributed by atoms with Crippen LogP contribution in [0.1, 0.15) is 42.6 Å². The molecule has 0 bridgehead atoms. The molecule has 6 heteroatoms. The molecule has 0 aliphatic heterocycles. The van der Waals surface area contributed by atoms with Gasteiger partial charge in [-0.15, -0.1) is 0 Å². The van der Waals surface area contributed by atoms with Gasteiger partial charge in [0.25, 0.3) is 0 Å². The highest BCUT2D eigenvalue weighted by molar-refractivity contribution is 9.10. The Kier molecular flexibility index (Phi) is 5.01. The third kappa shape index (κ3) is 2.82. The van der Waals surface area contributed by atoms with Gasteiger partial charge in [-0.1, -0.05) is 6.92 Å². The van der Waals surface area contributed by atoms with Gasteiger partial charge >= 0.3 is 0 Å². The fourth-order valence-corrected chi connectivity index (χ4v) is 2.91. The Morgan fingerprint density at radius 3 is 2.85 bits per heavy atom.